The van der Waals surface area contributed by atoms with Crippen molar-refractivity contribution in [1.29, 1.82) is 0 Å². The fraction of sp³-hybridized carbons (Fsp3) is 0.300. The van der Waals surface area contributed by atoms with E-state index in [0.717, 1.165) is 4.70 Å². The maximum absolute atomic E-state index is 12.1. The zero-order chi connectivity index (χ0) is 11.8. The summed E-state index contributed by atoms with van der Waals surface area (Å²) in [7, 11) is 0. The van der Waals surface area contributed by atoms with E-state index in [2.05, 4.69) is 4.98 Å². The first kappa shape index (κ1) is 11.3. The van der Waals surface area contributed by atoms with Gasteiger partial charge in [0, 0.05) is 6.42 Å². The molecular formula is C10H8F3NOS. The molecule has 0 aliphatic rings. The van der Waals surface area contributed by atoms with Crippen LogP contribution in [0.15, 0.2) is 24.3 Å². The molecule has 0 radical (unpaired) electrons. The average Bonchev–Trinajstić information content (AvgIpc) is 2.58. The molecular weight excluding hydrogens is 239 g/mol. The van der Waals surface area contributed by atoms with Gasteiger partial charge in [-0.3, -0.25) is 0 Å². The highest BCUT2D eigenvalue weighted by Gasteiger charge is 2.38. The number of hydrogen-bond donors (Lipinski definition) is 1. The minimum atomic E-state index is -4.59. The molecule has 2 nitrogen and oxygen atoms in total. The standard InChI is InChI=1S/C10H8F3NOS/c11-10(12,13)8(15)5-9-14-6-3-1-2-4-7(6)16-9/h1-4,8,15H,5H2/t8-/m0/s1. The number of alkyl halides is 3. The fourth-order valence-corrected chi connectivity index (χ4v) is 2.29. The third-order valence-electron chi connectivity index (χ3n) is 2.08. The van der Waals surface area contributed by atoms with Gasteiger partial charge in [-0.05, 0) is 12.1 Å². The largest absolute Gasteiger partial charge is 0.414 e. The van der Waals surface area contributed by atoms with Gasteiger partial charge in [0.05, 0.1) is 15.2 Å². The second-order valence-corrected chi connectivity index (χ2v) is 4.45. The van der Waals surface area contributed by atoms with E-state index in [1.54, 1.807) is 24.3 Å². The summed E-state index contributed by atoms with van der Waals surface area (Å²) in [6, 6.07) is 7.09. The number of hydrogen-bond acceptors (Lipinski definition) is 3. The van der Waals surface area contributed by atoms with Gasteiger partial charge in [0.25, 0.3) is 0 Å². The van der Waals surface area contributed by atoms with Crippen molar-refractivity contribution in [2.75, 3.05) is 0 Å². The summed E-state index contributed by atoms with van der Waals surface area (Å²) in [4.78, 5) is 4.02. The zero-order valence-electron chi connectivity index (χ0n) is 8.03. The number of rotatable bonds is 2. The predicted molar refractivity (Wildman–Crippen MR) is 55.4 cm³/mol. The van der Waals surface area contributed by atoms with E-state index in [1.165, 1.54) is 11.3 Å². The number of benzene rings is 1. The number of thiazole rings is 1. The second-order valence-electron chi connectivity index (χ2n) is 3.34. The van der Waals surface area contributed by atoms with Gasteiger partial charge in [0.15, 0.2) is 6.10 Å². The van der Waals surface area contributed by atoms with Gasteiger partial charge in [-0.25, -0.2) is 4.98 Å². The van der Waals surface area contributed by atoms with Crippen molar-refractivity contribution in [2.45, 2.75) is 18.7 Å². The Morgan fingerprint density at radius 3 is 2.62 bits per heavy atom. The minimum Gasteiger partial charge on any atom is -0.383 e. The summed E-state index contributed by atoms with van der Waals surface area (Å²) in [5.41, 5.74) is 0.664. The summed E-state index contributed by atoms with van der Waals surface area (Å²) in [6.07, 6.45) is -7.41. The molecule has 0 bridgehead atoms. The molecule has 1 atom stereocenters. The Morgan fingerprint density at radius 2 is 2.00 bits per heavy atom. The van der Waals surface area contributed by atoms with Crippen LogP contribution in [-0.4, -0.2) is 22.4 Å². The molecule has 0 amide bonds. The minimum absolute atomic E-state index is 0.297. The molecule has 0 fully saturated rings. The van der Waals surface area contributed by atoms with Crippen LogP contribution < -0.4 is 0 Å². The molecule has 1 aromatic heterocycles. The van der Waals surface area contributed by atoms with E-state index in [0.29, 0.717) is 10.5 Å². The van der Waals surface area contributed by atoms with Crippen LogP contribution in [0.4, 0.5) is 13.2 Å². The van der Waals surface area contributed by atoms with Gasteiger partial charge in [-0.15, -0.1) is 11.3 Å². The van der Waals surface area contributed by atoms with Gasteiger partial charge in [0.1, 0.15) is 0 Å². The van der Waals surface area contributed by atoms with E-state index in [4.69, 9.17) is 5.11 Å². The van der Waals surface area contributed by atoms with Gasteiger partial charge in [0.2, 0.25) is 0 Å². The molecule has 86 valence electrons. The monoisotopic (exact) mass is 247 g/mol. The van der Waals surface area contributed by atoms with Crippen molar-refractivity contribution in [3.63, 3.8) is 0 Å². The lowest BCUT2D eigenvalue weighted by Gasteiger charge is -2.12. The molecule has 2 rings (SSSR count). The highest BCUT2D eigenvalue weighted by molar-refractivity contribution is 7.18. The van der Waals surface area contributed by atoms with Gasteiger partial charge in [-0.1, -0.05) is 12.1 Å². The summed E-state index contributed by atoms with van der Waals surface area (Å²) in [6.45, 7) is 0. The number of nitrogens with zero attached hydrogens (tertiary/aromatic N) is 1. The Kier molecular flexibility index (Phi) is 2.86. The van der Waals surface area contributed by atoms with Crippen LogP contribution in [0.1, 0.15) is 5.01 Å². The van der Waals surface area contributed by atoms with Crippen molar-refractivity contribution in [1.82, 2.24) is 4.98 Å². The van der Waals surface area contributed by atoms with Crippen molar-refractivity contribution in [3.8, 4) is 0 Å². The number of aliphatic hydroxyl groups is 1. The fourth-order valence-electron chi connectivity index (χ4n) is 1.29. The third-order valence-corrected chi connectivity index (χ3v) is 3.14. The normalized spacial score (nSPS) is 14.2. The number of halogens is 3. The second kappa shape index (κ2) is 4.03. The van der Waals surface area contributed by atoms with Crippen molar-refractivity contribution >= 4 is 21.6 Å². The average molecular weight is 247 g/mol. The van der Waals surface area contributed by atoms with E-state index in [1.807, 2.05) is 0 Å². The van der Waals surface area contributed by atoms with E-state index in [9.17, 15) is 13.2 Å². The maximum Gasteiger partial charge on any atom is 0.414 e. The van der Waals surface area contributed by atoms with Crippen LogP contribution >= 0.6 is 11.3 Å². The molecule has 6 heteroatoms. The predicted octanol–water partition coefficient (Wildman–Crippen LogP) is 2.76. The van der Waals surface area contributed by atoms with Gasteiger partial charge < -0.3 is 5.11 Å². The molecule has 1 heterocycles. The van der Waals surface area contributed by atoms with Crippen LogP contribution in [0.5, 0.6) is 0 Å². The van der Waals surface area contributed by atoms with E-state index in [-0.39, 0.29) is 0 Å². The Balaban J connectivity index is 2.22. The van der Waals surface area contributed by atoms with Gasteiger partial charge in [-0.2, -0.15) is 13.2 Å². The molecule has 0 aliphatic heterocycles. The zero-order valence-corrected chi connectivity index (χ0v) is 8.85. The molecule has 0 saturated carbocycles. The number of fused-ring (bicyclic) bond motifs is 1. The molecule has 2 aromatic rings. The highest BCUT2D eigenvalue weighted by Crippen LogP contribution is 2.27. The van der Waals surface area contributed by atoms with Crippen LogP contribution in [0.25, 0.3) is 10.2 Å². The number of aliphatic hydroxyl groups excluding tert-OH is 1. The lowest BCUT2D eigenvalue weighted by Crippen LogP contribution is -2.30. The number of aromatic nitrogens is 1. The molecule has 0 saturated heterocycles. The van der Waals surface area contributed by atoms with Gasteiger partial charge >= 0.3 is 6.18 Å². The first-order valence-corrected chi connectivity index (χ1v) is 5.37. The maximum atomic E-state index is 12.1. The summed E-state index contributed by atoms with van der Waals surface area (Å²) < 4.78 is 37.2. The molecule has 0 aliphatic carbocycles. The van der Waals surface area contributed by atoms with Crippen LogP contribution in [-0.2, 0) is 6.42 Å². The van der Waals surface area contributed by atoms with Crippen molar-refractivity contribution in [2.24, 2.45) is 0 Å². The Bertz CT molecular complexity index is 461. The summed E-state index contributed by atoms with van der Waals surface area (Å²) in [5.74, 6) is 0. The topological polar surface area (TPSA) is 33.1 Å². The molecule has 0 unspecified atom stereocenters. The van der Waals surface area contributed by atoms with E-state index < -0.39 is 18.7 Å². The quantitative estimate of drug-likeness (QED) is 0.885. The number of para-hydroxylation sites is 1. The van der Waals surface area contributed by atoms with Crippen molar-refractivity contribution in [3.05, 3.63) is 29.3 Å². The highest BCUT2D eigenvalue weighted by atomic mass is 32.1. The lowest BCUT2D eigenvalue weighted by molar-refractivity contribution is -0.203. The van der Waals surface area contributed by atoms with Crippen LogP contribution in [0, 0.1) is 0 Å². The Labute approximate surface area is 93.4 Å². The Morgan fingerprint density at radius 1 is 1.31 bits per heavy atom. The van der Waals surface area contributed by atoms with Crippen molar-refractivity contribution < 1.29 is 18.3 Å². The molecule has 1 aromatic carbocycles. The first-order valence-electron chi connectivity index (χ1n) is 4.56. The molecule has 1 N–H and O–H groups in total. The molecule has 0 spiro atoms. The Hall–Kier alpha value is -1.14. The third kappa shape index (κ3) is 2.33. The summed E-state index contributed by atoms with van der Waals surface area (Å²) in [5, 5.41) is 9.20. The SMILES string of the molecule is O[C@@H](Cc1nc2ccccc2s1)C(F)(F)F. The molecule has 16 heavy (non-hydrogen) atoms. The lowest BCUT2D eigenvalue weighted by atomic mass is 10.2. The summed E-state index contributed by atoms with van der Waals surface area (Å²) >= 11 is 1.17. The smallest absolute Gasteiger partial charge is 0.383 e. The first-order chi connectivity index (χ1) is 7.47. The van der Waals surface area contributed by atoms with E-state index >= 15 is 0 Å². The van der Waals surface area contributed by atoms with Crippen LogP contribution in [0.2, 0.25) is 0 Å². The van der Waals surface area contributed by atoms with Crippen LogP contribution in [0.3, 0.4) is 0 Å².